The largest absolute Gasteiger partial charge is 0.467 e. The van der Waals surface area contributed by atoms with E-state index < -0.39 is 5.91 Å². The number of nitrogens with zero attached hydrogens (tertiary/aromatic N) is 1. The second-order valence-corrected chi connectivity index (χ2v) is 6.92. The molecule has 1 amide bonds. The molecule has 0 unspecified atom stereocenters. The summed E-state index contributed by atoms with van der Waals surface area (Å²) < 4.78 is 24.2. The summed E-state index contributed by atoms with van der Waals surface area (Å²) in [6.45, 7) is 0.341. The number of furan rings is 1. The summed E-state index contributed by atoms with van der Waals surface area (Å²) >= 11 is 5.93. The van der Waals surface area contributed by atoms with Crippen LogP contribution >= 0.6 is 11.6 Å². The average Bonchev–Trinajstić information content (AvgIpc) is 3.22. The molecule has 0 spiro atoms. The quantitative estimate of drug-likeness (QED) is 0.462. The molecule has 0 atom stereocenters. The third-order valence-electron chi connectivity index (χ3n) is 4.40. The van der Waals surface area contributed by atoms with Gasteiger partial charge in [0, 0.05) is 17.6 Å². The molecule has 5 nitrogen and oxygen atoms in total. The number of halogens is 2. The molecule has 4 aromatic rings. The molecule has 7 heteroatoms. The summed E-state index contributed by atoms with van der Waals surface area (Å²) in [6, 6.07) is 15.1. The lowest BCUT2D eigenvalue weighted by Crippen LogP contribution is -2.30. The summed E-state index contributed by atoms with van der Waals surface area (Å²) in [5.74, 6) is -0.384. The molecule has 2 heterocycles. The molecule has 0 saturated heterocycles. The molecule has 2 aromatic heterocycles. The van der Waals surface area contributed by atoms with Crippen molar-refractivity contribution in [1.29, 1.82) is 0 Å². The van der Waals surface area contributed by atoms with Gasteiger partial charge in [-0.1, -0.05) is 23.7 Å². The molecule has 0 fully saturated rings. The molecule has 0 aliphatic heterocycles. The molecule has 0 radical (unpaired) electrons. The number of benzene rings is 2. The van der Waals surface area contributed by atoms with Crippen LogP contribution in [-0.4, -0.2) is 10.8 Å². The molecular formula is C22H15ClFNO4. The highest BCUT2D eigenvalue weighted by atomic mass is 35.5. The highest BCUT2D eigenvalue weighted by Gasteiger charge is 2.21. The van der Waals surface area contributed by atoms with E-state index in [9.17, 15) is 14.0 Å². The molecule has 0 aliphatic rings. The predicted octanol–water partition coefficient (Wildman–Crippen LogP) is 5.02. The van der Waals surface area contributed by atoms with Gasteiger partial charge in [0.05, 0.1) is 18.2 Å². The van der Waals surface area contributed by atoms with Gasteiger partial charge in [-0.25, -0.2) is 4.39 Å². The van der Waals surface area contributed by atoms with E-state index in [-0.39, 0.29) is 35.7 Å². The molecule has 0 saturated carbocycles. The number of rotatable bonds is 5. The third-order valence-corrected chi connectivity index (χ3v) is 4.64. The van der Waals surface area contributed by atoms with Crippen molar-refractivity contribution in [3.05, 3.63) is 105 Å². The van der Waals surface area contributed by atoms with E-state index in [4.69, 9.17) is 20.4 Å². The van der Waals surface area contributed by atoms with Crippen LogP contribution in [0.5, 0.6) is 0 Å². The Bertz CT molecular complexity index is 1220. The molecule has 146 valence electrons. The summed E-state index contributed by atoms with van der Waals surface area (Å²) in [4.78, 5) is 27.1. The first-order chi connectivity index (χ1) is 14.0. The molecule has 2 aromatic carbocycles. The van der Waals surface area contributed by atoms with Crippen molar-refractivity contribution >= 4 is 28.5 Å². The van der Waals surface area contributed by atoms with E-state index >= 15 is 0 Å². The topological polar surface area (TPSA) is 63.7 Å². The maximum absolute atomic E-state index is 13.2. The van der Waals surface area contributed by atoms with Crippen LogP contribution in [0.4, 0.5) is 4.39 Å². The normalized spacial score (nSPS) is 11.0. The van der Waals surface area contributed by atoms with Gasteiger partial charge in [0.2, 0.25) is 0 Å². The second kappa shape index (κ2) is 7.93. The third kappa shape index (κ3) is 4.22. The Labute approximate surface area is 169 Å². The lowest BCUT2D eigenvalue weighted by Gasteiger charge is -2.21. The molecular weight excluding hydrogens is 397 g/mol. The monoisotopic (exact) mass is 411 g/mol. The fraction of sp³-hybridized carbons (Fsp3) is 0.0909. The number of carbonyl (C=O) groups excluding carboxylic acids is 1. The second-order valence-electron chi connectivity index (χ2n) is 6.48. The highest BCUT2D eigenvalue weighted by Crippen LogP contribution is 2.20. The Hall–Kier alpha value is -3.38. The van der Waals surface area contributed by atoms with E-state index in [0.717, 1.165) is 11.6 Å². The van der Waals surface area contributed by atoms with Gasteiger partial charge in [-0.05, 0) is 48.0 Å². The van der Waals surface area contributed by atoms with Crippen molar-refractivity contribution in [2.45, 2.75) is 13.1 Å². The Morgan fingerprint density at radius 3 is 2.55 bits per heavy atom. The fourth-order valence-corrected chi connectivity index (χ4v) is 3.16. The van der Waals surface area contributed by atoms with Gasteiger partial charge >= 0.3 is 0 Å². The fourth-order valence-electron chi connectivity index (χ4n) is 2.99. The first kappa shape index (κ1) is 19.0. The van der Waals surface area contributed by atoms with Crippen LogP contribution in [0.1, 0.15) is 21.9 Å². The van der Waals surface area contributed by atoms with Crippen molar-refractivity contribution in [2.24, 2.45) is 0 Å². The molecule has 0 N–H and O–H groups in total. The van der Waals surface area contributed by atoms with Gasteiger partial charge in [-0.3, -0.25) is 9.59 Å². The summed E-state index contributed by atoms with van der Waals surface area (Å²) in [5, 5.41) is 0.699. The Morgan fingerprint density at radius 2 is 1.83 bits per heavy atom. The first-order valence-corrected chi connectivity index (χ1v) is 9.17. The number of hydrogen-bond acceptors (Lipinski definition) is 4. The zero-order valence-electron chi connectivity index (χ0n) is 15.1. The van der Waals surface area contributed by atoms with Gasteiger partial charge in [-0.2, -0.15) is 0 Å². The van der Waals surface area contributed by atoms with Crippen molar-refractivity contribution in [3.8, 4) is 0 Å². The van der Waals surface area contributed by atoms with Crippen molar-refractivity contribution in [2.75, 3.05) is 0 Å². The smallest absolute Gasteiger partial charge is 0.290 e. The summed E-state index contributed by atoms with van der Waals surface area (Å²) in [7, 11) is 0. The Morgan fingerprint density at radius 1 is 1.03 bits per heavy atom. The number of fused-ring (bicyclic) bond motifs is 1. The Kier molecular flexibility index (Phi) is 5.18. The number of hydrogen-bond donors (Lipinski definition) is 0. The minimum Gasteiger partial charge on any atom is -0.467 e. The van der Waals surface area contributed by atoms with Gasteiger partial charge in [0.15, 0.2) is 11.2 Å². The molecule has 4 rings (SSSR count). The lowest BCUT2D eigenvalue weighted by atomic mass is 10.2. The van der Waals surface area contributed by atoms with E-state index in [2.05, 4.69) is 0 Å². The minimum atomic E-state index is -0.486. The van der Waals surface area contributed by atoms with Crippen molar-refractivity contribution < 1.29 is 18.0 Å². The number of amides is 1. The predicted molar refractivity (Wildman–Crippen MR) is 106 cm³/mol. The summed E-state index contributed by atoms with van der Waals surface area (Å²) in [5.41, 5.74) is 0.628. The van der Waals surface area contributed by atoms with Crippen LogP contribution in [0.15, 0.2) is 80.6 Å². The lowest BCUT2D eigenvalue weighted by molar-refractivity contribution is 0.0686. The van der Waals surface area contributed by atoms with Crippen LogP contribution < -0.4 is 5.43 Å². The standard InChI is InChI=1S/C22H15ClFNO4/c23-15-5-8-20-18(10-15)19(26)11-21(29-20)22(27)25(13-17-2-1-9-28-17)12-14-3-6-16(24)7-4-14/h1-11H,12-13H2. The van der Waals surface area contributed by atoms with Gasteiger partial charge in [0.25, 0.3) is 5.91 Å². The first-order valence-electron chi connectivity index (χ1n) is 8.79. The van der Waals surface area contributed by atoms with Crippen LogP contribution in [-0.2, 0) is 13.1 Å². The Balaban J connectivity index is 1.70. The molecule has 29 heavy (non-hydrogen) atoms. The van der Waals surface area contributed by atoms with Gasteiger partial charge < -0.3 is 13.7 Å². The maximum atomic E-state index is 13.2. The van der Waals surface area contributed by atoms with Gasteiger partial charge in [-0.15, -0.1) is 0 Å². The van der Waals surface area contributed by atoms with Crippen LogP contribution in [0.25, 0.3) is 11.0 Å². The summed E-state index contributed by atoms with van der Waals surface area (Å²) in [6.07, 6.45) is 1.51. The van der Waals surface area contributed by atoms with Crippen LogP contribution in [0.3, 0.4) is 0 Å². The van der Waals surface area contributed by atoms with Crippen LogP contribution in [0.2, 0.25) is 5.02 Å². The van der Waals surface area contributed by atoms with Crippen molar-refractivity contribution in [1.82, 2.24) is 4.90 Å². The minimum absolute atomic E-state index is 0.0986. The van der Waals surface area contributed by atoms with E-state index in [1.54, 1.807) is 36.4 Å². The van der Waals surface area contributed by atoms with Crippen molar-refractivity contribution in [3.63, 3.8) is 0 Å². The SMILES string of the molecule is O=C(c1cc(=O)c2cc(Cl)ccc2o1)N(Cc1ccc(F)cc1)Cc1ccco1. The zero-order chi connectivity index (χ0) is 20.4. The highest BCUT2D eigenvalue weighted by molar-refractivity contribution is 6.31. The van der Waals surface area contributed by atoms with Gasteiger partial charge in [0.1, 0.15) is 17.2 Å². The number of carbonyl (C=O) groups is 1. The van der Waals surface area contributed by atoms with E-state index in [1.807, 2.05) is 0 Å². The van der Waals surface area contributed by atoms with E-state index in [0.29, 0.717) is 16.2 Å². The average molecular weight is 412 g/mol. The van der Waals surface area contributed by atoms with E-state index in [1.165, 1.54) is 29.4 Å². The molecule has 0 aliphatic carbocycles. The maximum Gasteiger partial charge on any atom is 0.290 e. The zero-order valence-corrected chi connectivity index (χ0v) is 15.9. The van der Waals surface area contributed by atoms with Crippen LogP contribution in [0, 0.1) is 5.82 Å². The molecule has 0 bridgehead atoms.